The summed E-state index contributed by atoms with van der Waals surface area (Å²) in [4.78, 5) is 0. The van der Waals surface area contributed by atoms with Crippen molar-refractivity contribution in [2.45, 2.75) is 0 Å². The van der Waals surface area contributed by atoms with Crippen LogP contribution in [0, 0.1) is 0 Å². The Hall–Kier alpha value is -4.36. The van der Waals surface area contributed by atoms with Crippen LogP contribution in [0.3, 0.4) is 0 Å². The fourth-order valence-electron chi connectivity index (χ4n) is 15.4. The maximum Gasteiger partial charge on any atom is 0.143 e. The van der Waals surface area contributed by atoms with E-state index in [9.17, 15) is 0 Å². The van der Waals surface area contributed by atoms with E-state index in [0.717, 1.165) is 11.2 Å². The lowest BCUT2D eigenvalue weighted by molar-refractivity contribution is 0.675. The molecule has 1 aromatic heterocycles. The van der Waals surface area contributed by atoms with E-state index in [0.29, 0.717) is 0 Å². The Morgan fingerprint density at radius 3 is 0.573 bits per heavy atom. The fraction of sp³-hybridized carbons (Fsp3) is 0. The van der Waals surface area contributed by atoms with Crippen molar-refractivity contribution in [1.29, 1.82) is 0 Å². The highest BCUT2D eigenvalue weighted by atomic mass is 16.3. The summed E-state index contributed by atoms with van der Waals surface area (Å²) in [5, 5.41) is 13.8. The van der Waals surface area contributed by atoms with Gasteiger partial charge in [0.15, 0.2) is 0 Å². The van der Waals surface area contributed by atoms with Crippen molar-refractivity contribution in [1.82, 2.24) is 0 Å². The first-order valence-electron chi connectivity index (χ1n) is 27.9. The van der Waals surface area contributed by atoms with E-state index in [2.05, 4.69) is 220 Å². The summed E-state index contributed by atoms with van der Waals surface area (Å²) in [5.74, 6) is 0. The van der Waals surface area contributed by atoms with Gasteiger partial charge in [0.25, 0.3) is 0 Å². The zero-order valence-corrected chi connectivity index (χ0v) is 51.4. The first-order valence-corrected chi connectivity index (χ1v) is 27.9. The van der Waals surface area contributed by atoms with Gasteiger partial charge in [0.1, 0.15) is 231 Å². The van der Waals surface area contributed by atoms with E-state index < -0.39 is 0 Å². The van der Waals surface area contributed by atoms with E-state index in [1.807, 2.05) is 0 Å². The molecule has 0 N–H and O–H groups in total. The number of fused-ring (bicyclic) bond motifs is 7. The third-order valence-electron chi connectivity index (χ3n) is 21.6. The topological polar surface area (TPSA) is 13.1 Å². The largest absolute Gasteiger partial charge is 0.457 e. The van der Waals surface area contributed by atoms with Gasteiger partial charge in [-0.25, -0.2) is 0 Å². The van der Waals surface area contributed by atoms with E-state index in [1.165, 1.54) is 240 Å². The second-order valence-corrected chi connectivity index (χ2v) is 24.3. The van der Waals surface area contributed by atoms with Gasteiger partial charge in [-0.1, -0.05) is 115 Å². The van der Waals surface area contributed by atoms with Crippen LogP contribution in [-0.4, -0.2) is 220 Å². The maximum atomic E-state index is 7.07. The second kappa shape index (κ2) is 18.1. The molecule has 10 rings (SSSR count). The van der Waals surface area contributed by atoms with Crippen molar-refractivity contribution in [2.75, 3.05) is 0 Å². The Labute approximate surface area is 472 Å². The van der Waals surface area contributed by atoms with Gasteiger partial charge in [-0.05, 0) is 76.5 Å². The molecule has 1 heterocycles. The summed E-state index contributed by atoms with van der Waals surface area (Å²) in [6.07, 6.45) is 0. The molecule has 0 aliphatic carbocycles. The van der Waals surface area contributed by atoms with Gasteiger partial charge in [-0.15, -0.1) is 38.2 Å². The number of rotatable bonds is 3. The molecule has 0 spiro atoms. The first-order chi connectivity index (χ1) is 35.0. The van der Waals surface area contributed by atoms with Crippen molar-refractivity contribution < 1.29 is 4.42 Å². The van der Waals surface area contributed by atoms with Gasteiger partial charge in [0.2, 0.25) is 0 Å². The van der Waals surface area contributed by atoms with E-state index in [-0.39, 0.29) is 0 Å². The lowest BCUT2D eigenvalue weighted by atomic mass is 9.55. The summed E-state index contributed by atoms with van der Waals surface area (Å²) in [6.45, 7) is 0. The van der Waals surface area contributed by atoms with Crippen LogP contribution in [0.4, 0.5) is 0 Å². The standard InChI is InChI=1S/C46H56B28O/c47-17-7(25(55)26(56)10-9(17)27(57)28(58)11(18(10)48)12-19(49)13-14(30(60)29(12)59)32(62)40(70)39(69)31(13)61)1-3-5(23(53)37(67)35(65)21(3)51)2(6-4(1)22(52)36(66)38(68)24(6)54)8-20(50)15-16-34(64)41(71)42(72)44(74)46(16)75-45(15)43(73)33(8)63/h47-74H2. The predicted octanol–water partition coefficient (Wildman–Crippen LogP) is -35.6. The molecule has 1 nitrogen and oxygen atoms in total. The molecule has 10 aromatic rings. The van der Waals surface area contributed by atoms with Gasteiger partial charge < -0.3 is 4.42 Å². The van der Waals surface area contributed by atoms with Crippen LogP contribution < -0.4 is 153 Å². The van der Waals surface area contributed by atoms with Gasteiger partial charge in [-0.2, -0.15) is 0 Å². The van der Waals surface area contributed by atoms with Crippen LogP contribution in [0.15, 0.2) is 4.42 Å². The van der Waals surface area contributed by atoms with Crippen LogP contribution in [-0.2, 0) is 0 Å². The van der Waals surface area contributed by atoms with Crippen LogP contribution in [0.5, 0.6) is 0 Å². The molecule has 0 bridgehead atoms. The molecule has 0 saturated carbocycles. The van der Waals surface area contributed by atoms with Crippen LogP contribution in [0.2, 0.25) is 0 Å². The molecule has 0 aliphatic heterocycles. The lowest BCUT2D eigenvalue weighted by Crippen LogP contribution is -2.53. The highest BCUT2D eigenvalue weighted by molar-refractivity contribution is 6.78. The summed E-state index contributed by atoms with van der Waals surface area (Å²) in [5.41, 5.74) is 48.8. The van der Waals surface area contributed by atoms with Gasteiger partial charge in [0.05, 0.1) is 0 Å². The molecule has 9 aromatic carbocycles. The van der Waals surface area contributed by atoms with Crippen molar-refractivity contribution in [3.8, 4) is 33.4 Å². The SMILES string of the molecule is Bc1c(B)c(B)c2c(oc3c(B)c(B)c(-c4c5c(B)c(B)c(B)c(B)c5c(-c5c(B)c(B)c6c(B)c(-c7c(B)c(B)c8c(B)c(B)c(B)c(B)c8c7B)c(B)c(B)c6c5B)c5c(B)c(B)c(B)c(B)c45)c(B)c32)c1B. The quantitative estimate of drug-likeness (QED) is 0.127. The minimum atomic E-state index is 1.03. The Bertz CT molecular complexity index is 4360. The van der Waals surface area contributed by atoms with Crippen LogP contribution in [0.25, 0.3) is 98.4 Å². The van der Waals surface area contributed by atoms with Crippen molar-refractivity contribution in [2.24, 2.45) is 0 Å². The summed E-state index contributed by atoms with van der Waals surface area (Å²) >= 11 is 0. The van der Waals surface area contributed by atoms with Crippen molar-refractivity contribution in [3.05, 3.63) is 0 Å². The molecule has 29 heteroatoms. The molecular weight excluding hydrogens is 871 g/mol. The van der Waals surface area contributed by atoms with Crippen LogP contribution in [0.1, 0.15) is 0 Å². The predicted molar refractivity (Wildman–Crippen MR) is 429 cm³/mol. The molecule has 0 radical (unpaired) electrons. The van der Waals surface area contributed by atoms with Gasteiger partial charge >= 0.3 is 0 Å². The fourth-order valence-corrected chi connectivity index (χ4v) is 15.4. The minimum Gasteiger partial charge on any atom is -0.457 e. The van der Waals surface area contributed by atoms with E-state index in [4.69, 9.17) is 4.42 Å². The Morgan fingerprint density at radius 2 is 0.280 bits per heavy atom. The zero-order chi connectivity index (χ0) is 55.3. The van der Waals surface area contributed by atoms with E-state index >= 15 is 0 Å². The highest BCUT2D eigenvalue weighted by Gasteiger charge is 2.32. The maximum absolute atomic E-state index is 7.07. The molecule has 0 saturated heterocycles. The zero-order valence-electron chi connectivity index (χ0n) is 51.4. The number of furan rings is 1. The van der Waals surface area contributed by atoms with Crippen LogP contribution >= 0.6 is 0 Å². The number of hydrogen-bond donors (Lipinski definition) is 0. The molecule has 0 atom stereocenters. The Morgan fingerprint density at radius 1 is 0.120 bits per heavy atom. The third kappa shape index (κ3) is 6.85. The highest BCUT2D eigenvalue weighted by Crippen LogP contribution is 2.40. The third-order valence-corrected chi connectivity index (χ3v) is 21.6. The average Bonchev–Trinajstić information content (AvgIpc) is 3.83. The van der Waals surface area contributed by atoms with Gasteiger partial charge in [0, 0.05) is 10.8 Å². The molecule has 0 amide bonds. The number of benzene rings is 9. The smallest absolute Gasteiger partial charge is 0.143 e. The minimum absolute atomic E-state index is 1.03. The first kappa shape index (κ1) is 54.0. The molecule has 330 valence electrons. The average molecular weight is 928 g/mol. The molecule has 0 aliphatic rings. The molecule has 0 unspecified atom stereocenters. The Balaban J connectivity index is 1.43. The van der Waals surface area contributed by atoms with Crippen molar-refractivity contribution >= 4 is 438 Å². The van der Waals surface area contributed by atoms with Crippen molar-refractivity contribution in [3.63, 3.8) is 0 Å². The Kier molecular flexibility index (Phi) is 13.0. The summed E-state index contributed by atoms with van der Waals surface area (Å²) in [6, 6.07) is 0. The monoisotopic (exact) mass is 933 g/mol. The number of hydrogen-bond acceptors (Lipinski definition) is 1. The summed E-state index contributed by atoms with van der Waals surface area (Å²) < 4.78 is 7.07. The molecule has 75 heavy (non-hydrogen) atoms. The summed E-state index contributed by atoms with van der Waals surface area (Å²) in [7, 11) is 66.4. The normalized spacial score (nSPS) is 11.9. The van der Waals surface area contributed by atoms with Gasteiger partial charge in [-0.3, -0.25) is 0 Å². The molecular formula is C46H56B28O. The van der Waals surface area contributed by atoms with E-state index in [1.54, 1.807) is 0 Å². The lowest BCUT2D eigenvalue weighted by Gasteiger charge is -2.32. The second-order valence-electron chi connectivity index (χ2n) is 24.3. The molecule has 0 fully saturated rings.